The van der Waals surface area contributed by atoms with Gasteiger partial charge < -0.3 is 4.74 Å². The Bertz CT molecular complexity index is 831. The van der Waals surface area contributed by atoms with E-state index < -0.39 is 17.9 Å². The quantitative estimate of drug-likeness (QED) is 0.489. The lowest BCUT2D eigenvalue weighted by atomic mass is 10.2. The van der Waals surface area contributed by atoms with Crippen molar-refractivity contribution in [2.75, 3.05) is 12.0 Å². The number of rotatable bonds is 4. The number of hydrogen-bond donors (Lipinski definition) is 0. The maximum atomic E-state index is 12.8. The van der Waals surface area contributed by atoms with Crippen LogP contribution in [0.15, 0.2) is 72.4 Å². The Labute approximate surface area is 144 Å². The summed E-state index contributed by atoms with van der Waals surface area (Å²) in [6, 6.07) is 17.3. The molecule has 0 spiro atoms. The van der Waals surface area contributed by atoms with Crippen LogP contribution < -0.4 is 4.90 Å². The zero-order valence-electron chi connectivity index (χ0n) is 13.6. The van der Waals surface area contributed by atoms with Crippen LogP contribution in [-0.4, -0.2) is 29.9 Å². The summed E-state index contributed by atoms with van der Waals surface area (Å²) in [4.78, 5) is 39.6. The molecule has 1 aliphatic rings. The van der Waals surface area contributed by atoms with Crippen molar-refractivity contribution < 1.29 is 19.1 Å². The lowest BCUT2D eigenvalue weighted by molar-refractivity contribution is -0.135. The molecule has 25 heavy (non-hydrogen) atoms. The summed E-state index contributed by atoms with van der Waals surface area (Å²) < 4.78 is 4.61. The Morgan fingerprint density at radius 3 is 2.20 bits per heavy atom. The monoisotopic (exact) mass is 336 g/mol. The zero-order valence-corrected chi connectivity index (χ0v) is 13.6. The smallest absolute Gasteiger partial charge is 0.336 e. The van der Waals surface area contributed by atoms with E-state index in [0.29, 0.717) is 5.69 Å². The minimum atomic E-state index is -0.691. The number of para-hydroxylation sites is 1. The molecule has 3 rings (SSSR count). The standard InChI is InChI=1S/C19H16N2O4/c1-25-17(22)12-16-18(23)21(15-10-6-3-7-11-15)19(24)20(16)13-14-8-4-2-5-9-14/h2-12H,13H2,1H3. The number of hydrogen-bond acceptors (Lipinski definition) is 4. The van der Waals surface area contributed by atoms with E-state index in [1.54, 1.807) is 30.3 Å². The highest BCUT2D eigenvalue weighted by Crippen LogP contribution is 2.28. The van der Waals surface area contributed by atoms with Gasteiger partial charge in [-0.05, 0) is 17.7 Å². The summed E-state index contributed by atoms with van der Waals surface area (Å²) in [5, 5.41) is 0. The van der Waals surface area contributed by atoms with Crippen LogP contribution in [0, 0.1) is 0 Å². The molecule has 2 aromatic carbocycles. The third-order valence-corrected chi connectivity index (χ3v) is 3.79. The van der Waals surface area contributed by atoms with Crippen molar-refractivity contribution >= 4 is 23.6 Å². The minimum absolute atomic E-state index is 0.00967. The fourth-order valence-corrected chi connectivity index (χ4v) is 2.57. The van der Waals surface area contributed by atoms with Gasteiger partial charge in [0.2, 0.25) is 0 Å². The predicted molar refractivity (Wildman–Crippen MR) is 91.4 cm³/mol. The molecule has 6 nitrogen and oxygen atoms in total. The topological polar surface area (TPSA) is 66.9 Å². The van der Waals surface area contributed by atoms with Crippen molar-refractivity contribution in [1.29, 1.82) is 0 Å². The predicted octanol–water partition coefficient (Wildman–Crippen LogP) is 2.71. The second-order valence-electron chi connectivity index (χ2n) is 5.38. The summed E-state index contributed by atoms with van der Waals surface area (Å²) in [5.41, 5.74) is 1.28. The third kappa shape index (κ3) is 3.28. The number of anilines is 1. The molecule has 0 aromatic heterocycles. The molecule has 0 unspecified atom stereocenters. The summed E-state index contributed by atoms with van der Waals surface area (Å²) in [6.45, 7) is 0.178. The number of esters is 1. The van der Waals surface area contributed by atoms with Gasteiger partial charge in [-0.3, -0.25) is 9.69 Å². The number of carbonyl (C=O) groups is 3. The van der Waals surface area contributed by atoms with Gasteiger partial charge in [0.15, 0.2) is 0 Å². The van der Waals surface area contributed by atoms with Gasteiger partial charge in [0.1, 0.15) is 5.70 Å². The summed E-state index contributed by atoms with van der Waals surface area (Å²) in [7, 11) is 1.22. The van der Waals surface area contributed by atoms with Crippen molar-refractivity contribution in [2.24, 2.45) is 0 Å². The van der Waals surface area contributed by atoms with Crippen LogP contribution in [0.1, 0.15) is 5.56 Å². The van der Waals surface area contributed by atoms with Crippen molar-refractivity contribution in [2.45, 2.75) is 6.54 Å². The van der Waals surface area contributed by atoms with Crippen molar-refractivity contribution in [3.05, 3.63) is 78.0 Å². The molecule has 0 aliphatic carbocycles. The van der Waals surface area contributed by atoms with E-state index >= 15 is 0 Å². The first-order valence-corrected chi connectivity index (χ1v) is 7.66. The van der Waals surface area contributed by atoms with E-state index in [9.17, 15) is 14.4 Å². The average Bonchev–Trinajstić information content (AvgIpc) is 2.87. The molecule has 126 valence electrons. The molecule has 3 amide bonds. The van der Waals surface area contributed by atoms with E-state index in [2.05, 4.69) is 4.74 Å². The summed E-state index contributed by atoms with van der Waals surface area (Å²) in [6.07, 6.45) is 1.05. The van der Waals surface area contributed by atoms with Crippen molar-refractivity contribution in [3.63, 3.8) is 0 Å². The van der Waals surface area contributed by atoms with Crippen LogP contribution >= 0.6 is 0 Å². The van der Waals surface area contributed by atoms with E-state index in [-0.39, 0.29) is 12.2 Å². The molecule has 0 N–H and O–H groups in total. The number of benzene rings is 2. The van der Waals surface area contributed by atoms with Crippen LogP contribution in [0.2, 0.25) is 0 Å². The fraction of sp³-hybridized carbons (Fsp3) is 0.105. The molecule has 1 saturated heterocycles. The molecule has 0 saturated carbocycles. The average molecular weight is 336 g/mol. The number of imide groups is 1. The normalized spacial score (nSPS) is 15.8. The number of urea groups is 1. The maximum Gasteiger partial charge on any atom is 0.336 e. The molecule has 1 fully saturated rings. The Hall–Kier alpha value is -3.41. The van der Waals surface area contributed by atoms with E-state index in [0.717, 1.165) is 16.5 Å². The molecule has 0 radical (unpaired) electrons. The second kappa shape index (κ2) is 7.00. The molecule has 6 heteroatoms. The van der Waals surface area contributed by atoms with Gasteiger partial charge in [0, 0.05) is 0 Å². The minimum Gasteiger partial charge on any atom is -0.466 e. The number of carbonyl (C=O) groups excluding carboxylic acids is 3. The van der Waals surface area contributed by atoms with Gasteiger partial charge in [-0.15, -0.1) is 0 Å². The molecular weight excluding hydrogens is 320 g/mol. The maximum absolute atomic E-state index is 12.8. The highest BCUT2D eigenvalue weighted by molar-refractivity contribution is 6.27. The van der Waals surface area contributed by atoms with Gasteiger partial charge in [-0.1, -0.05) is 48.5 Å². The first kappa shape index (κ1) is 16.4. The van der Waals surface area contributed by atoms with E-state index in [4.69, 9.17) is 0 Å². The van der Waals surface area contributed by atoms with Crippen LogP contribution in [0.5, 0.6) is 0 Å². The van der Waals surface area contributed by atoms with E-state index in [1.807, 2.05) is 30.3 Å². The summed E-state index contributed by atoms with van der Waals surface area (Å²) in [5.74, 6) is -1.25. The van der Waals surface area contributed by atoms with Crippen LogP contribution in [0.4, 0.5) is 10.5 Å². The Morgan fingerprint density at radius 1 is 1.00 bits per heavy atom. The second-order valence-corrected chi connectivity index (χ2v) is 5.38. The number of methoxy groups -OCH3 is 1. The third-order valence-electron chi connectivity index (χ3n) is 3.79. The first-order valence-electron chi connectivity index (χ1n) is 7.66. The van der Waals surface area contributed by atoms with Crippen LogP contribution in [0.3, 0.4) is 0 Å². The van der Waals surface area contributed by atoms with Gasteiger partial charge >= 0.3 is 12.0 Å². The van der Waals surface area contributed by atoms with Crippen LogP contribution in [-0.2, 0) is 20.9 Å². The lowest BCUT2D eigenvalue weighted by Gasteiger charge is -2.17. The van der Waals surface area contributed by atoms with Gasteiger partial charge in [-0.2, -0.15) is 0 Å². The molecule has 0 bridgehead atoms. The Kier molecular flexibility index (Phi) is 4.61. The molecule has 1 heterocycles. The van der Waals surface area contributed by atoms with Gasteiger partial charge in [0.25, 0.3) is 5.91 Å². The van der Waals surface area contributed by atoms with Crippen molar-refractivity contribution in [1.82, 2.24) is 4.90 Å². The zero-order chi connectivity index (χ0) is 17.8. The molecule has 0 atom stereocenters. The largest absolute Gasteiger partial charge is 0.466 e. The van der Waals surface area contributed by atoms with Gasteiger partial charge in [-0.25, -0.2) is 14.5 Å². The molecule has 2 aromatic rings. The van der Waals surface area contributed by atoms with Crippen molar-refractivity contribution in [3.8, 4) is 0 Å². The van der Waals surface area contributed by atoms with Gasteiger partial charge in [0.05, 0.1) is 25.4 Å². The number of nitrogens with zero attached hydrogens (tertiary/aromatic N) is 2. The first-order chi connectivity index (χ1) is 12.1. The lowest BCUT2D eigenvalue weighted by Crippen LogP contribution is -2.32. The molecule has 1 aliphatic heterocycles. The number of amides is 3. The highest BCUT2D eigenvalue weighted by atomic mass is 16.5. The molecular formula is C19H16N2O4. The summed E-state index contributed by atoms with van der Waals surface area (Å²) >= 11 is 0. The van der Waals surface area contributed by atoms with E-state index in [1.165, 1.54) is 12.0 Å². The number of ether oxygens (including phenoxy) is 1. The van der Waals surface area contributed by atoms with Crippen LogP contribution in [0.25, 0.3) is 0 Å². The SMILES string of the molecule is COC(=O)C=C1C(=O)N(c2ccccc2)C(=O)N1Cc1ccccc1. The highest BCUT2D eigenvalue weighted by Gasteiger charge is 2.42. The fourth-order valence-electron chi connectivity index (χ4n) is 2.57. The Balaban J connectivity index is 2.01. The Morgan fingerprint density at radius 2 is 1.60 bits per heavy atom.